The number of aliphatic hydroxyl groups excluding tert-OH is 1. The monoisotopic (exact) mass is 412 g/mol. The first-order chi connectivity index (χ1) is 13.8. The van der Waals surface area contributed by atoms with Crippen molar-refractivity contribution in [1.82, 2.24) is 19.7 Å². The van der Waals surface area contributed by atoms with Crippen LogP contribution in [0.5, 0.6) is 5.75 Å². The summed E-state index contributed by atoms with van der Waals surface area (Å²) < 4.78 is 44.3. The van der Waals surface area contributed by atoms with E-state index < -0.39 is 36.4 Å². The van der Waals surface area contributed by atoms with Gasteiger partial charge in [0, 0.05) is 0 Å². The number of aromatic nitrogens is 4. The Hall–Kier alpha value is -2.88. The largest absolute Gasteiger partial charge is 0.432 e. The van der Waals surface area contributed by atoms with Crippen molar-refractivity contribution in [2.75, 3.05) is 0 Å². The molecule has 1 aromatic carbocycles. The molecular weight excluding hydrogens is 389 g/mol. The van der Waals surface area contributed by atoms with Crippen LogP contribution in [0.1, 0.15) is 50.3 Å². The van der Waals surface area contributed by atoms with Gasteiger partial charge in [-0.05, 0) is 31.0 Å². The van der Waals surface area contributed by atoms with Crippen LogP contribution in [0.25, 0.3) is 11.0 Å². The highest BCUT2D eigenvalue weighted by Gasteiger charge is 2.23. The second-order valence-electron chi connectivity index (χ2n) is 5.89. The maximum atomic E-state index is 14.1. The van der Waals surface area contributed by atoms with Gasteiger partial charge < -0.3 is 14.8 Å². The van der Waals surface area contributed by atoms with E-state index in [9.17, 15) is 23.1 Å². The molecule has 1 atom stereocenters. The fraction of sp³-hybridized carbons (Fsp3) is 0.421. The van der Waals surface area contributed by atoms with E-state index in [2.05, 4.69) is 19.8 Å². The number of hydrogen-bond acceptors (Lipinski definition) is 5. The molecule has 0 saturated heterocycles. The first-order valence-electron chi connectivity index (χ1n) is 9.18. The van der Waals surface area contributed by atoms with Crippen LogP contribution < -0.4 is 10.3 Å². The molecule has 0 aliphatic heterocycles. The van der Waals surface area contributed by atoms with Crippen molar-refractivity contribution in [3.05, 3.63) is 51.5 Å². The van der Waals surface area contributed by atoms with Gasteiger partial charge in [0.25, 0.3) is 5.56 Å². The first kappa shape index (κ1) is 22.4. The molecule has 3 rings (SSSR count). The third-order valence-corrected chi connectivity index (χ3v) is 4.14. The Morgan fingerprint density at radius 2 is 2.00 bits per heavy atom. The number of nitrogens with one attached hydrogen (secondary N) is 1. The molecule has 158 valence electrons. The highest BCUT2D eigenvalue weighted by Crippen LogP contribution is 2.29. The second-order valence-corrected chi connectivity index (χ2v) is 5.89. The van der Waals surface area contributed by atoms with E-state index in [1.54, 1.807) is 6.92 Å². The summed E-state index contributed by atoms with van der Waals surface area (Å²) in [5, 5.41) is 13.9. The number of benzene rings is 1. The zero-order chi connectivity index (χ0) is 21.7. The molecule has 7 nitrogen and oxygen atoms in total. The van der Waals surface area contributed by atoms with Gasteiger partial charge in [-0.25, -0.2) is 14.1 Å². The van der Waals surface area contributed by atoms with E-state index in [0.717, 1.165) is 12.1 Å². The summed E-state index contributed by atoms with van der Waals surface area (Å²) in [6, 6.07) is 3.11. The molecular formula is C19H23F3N4O3. The lowest BCUT2D eigenvalue weighted by molar-refractivity contribution is -0.0522. The van der Waals surface area contributed by atoms with E-state index >= 15 is 0 Å². The van der Waals surface area contributed by atoms with Crippen molar-refractivity contribution >= 4 is 11.0 Å². The van der Waals surface area contributed by atoms with Gasteiger partial charge in [-0.1, -0.05) is 26.8 Å². The number of rotatable bonds is 6. The van der Waals surface area contributed by atoms with Crippen LogP contribution >= 0.6 is 0 Å². The standard InChI is InChI=1S/C17H17F3N4O3.C2H6/c1-3-12(9-4-5-13(10(18)6-9)27-17(19)20)24-15-14(11(7-25)23-24)16(26)22-8(2)21-15;1-2/h4-6,12,17,25H,3,7H2,1-2H3,(H,21,22,26);1-2H3. The Kier molecular flexibility index (Phi) is 7.38. The zero-order valence-corrected chi connectivity index (χ0v) is 16.5. The van der Waals surface area contributed by atoms with Crippen LogP contribution in [0.3, 0.4) is 0 Å². The third-order valence-electron chi connectivity index (χ3n) is 4.14. The number of halogens is 3. The number of hydrogen-bond donors (Lipinski definition) is 2. The maximum absolute atomic E-state index is 14.1. The number of aryl methyl sites for hydroxylation is 1. The number of fused-ring (bicyclic) bond motifs is 1. The Bertz CT molecular complexity index is 1030. The van der Waals surface area contributed by atoms with E-state index in [4.69, 9.17) is 0 Å². The van der Waals surface area contributed by atoms with Crippen molar-refractivity contribution in [2.24, 2.45) is 0 Å². The molecule has 1 unspecified atom stereocenters. The van der Waals surface area contributed by atoms with Gasteiger partial charge in [0.1, 0.15) is 16.9 Å². The molecule has 0 spiro atoms. The number of nitrogens with zero attached hydrogens (tertiary/aromatic N) is 3. The summed E-state index contributed by atoms with van der Waals surface area (Å²) in [6.45, 7) is 3.82. The van der Waals surface area contributed by atoms with Crippen LogP contribution in [-0.4, -0.2) is 31.5 Å². The number of alkyl halides is 2. The minimum absolute atomic E-state index is 0.148. The summed E-state index contributed by atoms with van der Waals surface area (Å²) in [5.74, 6) is -1.14. The summed E-state index contributed by atoms with van der Waals surface area (Å²) in [7, 11) is 0. The van der Waals surface area contributed by atoms with E-state index in [1.165, 1.54) is 10.7 Å². The first-order valence-corrected chi connectivity index (χ1v) is 9.18. The quantitative estimate of drug-likeness (QED) is 0.644. The SMILES string of the molecule is CC.CCC(c1ccc(OC(F)F)c(F)c1)n1nc(CO)c2c(=O)[nH]c(C)nc21. The van der Waals surface area contributed by atoms with Gasteiger partial charge >= 0.3 is 6.61 Å². The Balaban J connectivity index is 0.00000145. The van der Waals surface area contributed by atoms with Crippen molar-refractivity contribution < 1.29 is 23.0 Å². The van der Waals surface area contributed by atoms with Gasteiger partial charge in [0.05, 0.1) is 12.6 Å². The Morgan fingerprint density at radius 1 is 1.31 bits per heavy atom. The van der Waals surface area contributed by atoms with Crippen molar-refractivity contribution in [2.45, 2.75) is 53.4 Å². The lowest BCUT2D eigenvalue weighted by Gasteiger charge is -2.18. The Morgan fingerprint density at radius 3 is 2.55 bits per heavy atom. The average Bonchev–Trinajstić information content (AvgIpc) is 3.04. The molecule has 0 fully saturated rings. The maximum Gasteiger partial charge on any atom is 0.387 e. The summed E-state index contributed by atoms with van der Waals surface area (Å²) in [5.41, 5.74) is 0.399. The normalized spacial score (nSPS) is 12.0. The fourth-order valence-electron chi connectivity index (χ4n) is 3.02. The second kappa shape index (κ2) is 9.55. The minimum Gasteiger partial charge on any atom is -0.432 e. The number of H-pyrrole nitrogens is 1. The molecule has 3 aromatic rings. The third kappa shape index (κ3) is 4.58. The zero-order valence-electron chi connectivity index (χ0n) is 16.5. The summed E-state index contributed by atoms with van der Waals surface area (Å²) in [6.07, 6.45) is 0.448. The lowest BCUT2D eigenvalue weighted by atomic mass is 10.0. The van der Waals surface area contributed by atoms with Crippen LogP contribution in [0.15, 0.2) is 23.0 Å². The molecule has 0 saturated carbocycles. The Labute approximate surface area is 165 Å². The van der Waals surface area contributed by atoms with E-state index in [1.807, 2.05) is 20.8 Å². The molecule has 0 bridgehead atoms. The number of aromatic amines is 1. The topological polar surface area (TPSA) is 93.0 Å². The highest BCUT2D eigenvalue weighted by atomic mass is 19.3. The summed E-state index contributed by atoms with van der Waals surface area (Å²) >= 11 is 0. The molecule has 2 N–H and O–H groups in total. The average molecular weight is 412 g/mol. The van der Waals surface area contributed by atoms with Gasteiger partial charge in [0.15, 0.2) is 17.2 Å². The molecule has 29 heavy (non-hydrogen) atoms. The molecule has 0 amide bonds. The van der Waals surface area contributed by atoms with Crippen LogP contribution in [-0.2, 0) is 6.61 Å². The molecule has 0 aliphatic rings. The molecule has 2 heterocycles. The molecule has 0 aliphatic carbocycles. The van der Waals surface area contributed by atoms with Crippen LogP contribution in [0, 0.1) is 12.7 Å². The predicted molar refractivity (Wildman–Crippen MR) is 102 cm³/mol. The van der Waals surface area contributed by atoms with E-state index in [-0.39, 0.29) is 16.7 Å². The van der Waals surface area contributed by atoms with Crippen LogP contribution in [0.4, 0.5) is 13.2 Å². The van der Waals surface area contributed by atoms with Crippen molar-refractivity contribution in [1.29, 1.82) is 0 Å². The predicted octanol–water partition coefficient (Wildman–Crippen LogP) is 3.69. The molecule has 2 aromatic heterocycles. The highest BCUT2D eigenvalue weighted by molar-refractivity contribution is 5.77. The van der Waals surface area contributed by atoms with Gasteiger partial charge in [-0.2, -0.15) is 13.9 Å². The lowest BCUT2D eigenvalue weighted by Crippen LogP contribution is -2.15. The van der Waals surface area contributed by atoms with Crippen molar-refractivity contribution in [3.8, 4) is 5.75 Å². The van der Waals surface area contributed by atoms with Gasteiger partial charge in [0.2, 0.25) is 0 Å². The van der Waals surface area contributed by atoms with E-state index in [0.29, 0.717) is 17.8 Å². The van der Waals surface area contributed by atoms with Crippen LogP contribution in [0.2, 0.25) is 0 Å². The minimum atomic E-state index is -3.13. The summed E-state index contributed by atoms with van der Waals surface area (Å²) in [4.78, 5) is 19.1. The van der Waals surface area contributed by atoms with Gasteiger partial charge in [-0.15, -0.1) is 0 Å². The smallest absolute Gasteiger partial charge is 0.387 e. The number of aliphatic hydroxyl groups is 1. The van der Waals surface area contributed by atoms with Gasteiger partial charge in [-0.3, -0.25) is 4.79 Å². The molecule has 10 heteroatoms. The van der Waals surface area contributed by atoms with Crippen molar-refractivity contribution in [3.63, 3.8) is 0 Å². The molecule has 0 radical (unpaired) electrons. The fourth-order valence-corrected chi connectivity index (χ4v) is 3.02. The number of ether oxygens (including phenoxy) is 1.